The molecule has 0 amide bonds. The molecule has 1 aliphatic carbocycles. The van der Waals surface area contributed by atoms with Crippen molar-refractivity contribution >= 4 is 11.3 Å². The predicted molar refractivity (Wildman–Crippen MR) is 73.5 cm³/mol. The van der Waals surface area contributed by atoms with Gasteiger partial charge in [0.15, 0.2) is 0 Å². The van der Waals surface area contributed by atoms with Crippen LogP contribution in [-0.4, -0.2) is 4.98 Å². The number of nitriles is 1. The van der Waals surface area contributed by atoms with Crippen LogP contribution in [0.1, 0.15) is 28.3 Å². The minimum absolute atomic E-state index is 0.266. The highest BCUT2D eigenvalue weighted by Gasteiger charge is 2.48. The lowest BCUT2D eigenvalue weighted by Gasteiger charge is -2.00. The minimum atomic E-state index is -0.266. The molecule has 0 bridgehead atoms. The fraction of sp³-hybridized carbons (Fsp3) is 0.333. The van der Waals surface area contributed by atoms with Gasteiger partial charge in [0.25, 0.3) is 0 Å². The van der Waals surface area contributed by atoms with E-state index in [9.17, 15) is 5.26 Å². The molecule has 0 aliphatic heterocycles. The van der Waals surface area contributed by atoms with Crippen molar-refractivity contribution < 1.29 is 0 Å². The third kappa shape index (κ3) is 1.74. The number of benzene rings is 1. The molecule has 3 rings (SSSR count). The molecule has 2 aromatic rings. The number of hydrogen-bond acceptors (Lipinski definition) is 3. The summed E-state index contributed by atoms with van der Waals surface area (Å²) in [5.74, 6) is 0. The quantitative estimate of drug-likeness (QED) is 0.812. The third-order valence-corrected chi connectivity index (χ3v) is 4.67. The summed E-state index contributed by atoms with van der Waals surface area (Å²) in [5.41, 5.74) is 3.17. The van der Waals surface area contributed by atoms with Gasteiger partial charge in [-0.05, 0) is 26.7 Å². The number of hydrogen-bond donors (Lipinski definition) is 0. The van der Waals surface area contributed by atoms with E-state index < -0.39 is 0 Å². The fourth-order valence-corrected chi connectivity index (χ4v) is 3.21. The van der Waals surface area contributed by atoms with E-state index in [1.54, 1.807) is 11.3 Å². The van der Waals surface area contributed by atoms with Crippen LogP contribution >= 0.6 is 11.3 Å². The van der Waals surface area contributed by atoms with Crippen molar-refractivity contribution in [1.29, 1.82) is 5.26 Å². The van der Waals surface area contributed by atoms with Gasteiger partial charge < -0.3 is 0 Å². The molecule has 0 saturated heterocycles. The third-order valence-electron chi connectivity index (χ3n) is 3.49. The SMILES string of the molecule is Cc1ccc(-c2nc(C3(C#N)CC3)sc2C)cc1. The number of thiazole rings is 1. The first kappa shape index (κ1) is 11.4. The summed E-state index contributed by atoms with van der Waals surface area (Å²) in [4.78, 5) is 5.91. The molecular formula is C15H14N2S. The van der Waals surface area contributed by atoms with Crippen LogP contribution in [0.15, 0.2) is 24.3 Å². The number of rotatable bonds is 2. The van der Waals surface area contributed by atoms with Crippen LogP contribution in [-0.2, 0) is 5.41 Å². The first-order valence-electron chi connectivity index (χ1n) is 6.11. The maximum absolute atomic E-state index is 9.23. The number of nitrogens with zero attached hydrogens (tertiary/aromatic N) is 2. The summed E-state index contributed by atoms with van der Waals surface area (Å²) >= 11 is 1.67. The Hall–Kier alpha value is -1.66. The smallest absolute Gasteiger partial charge is 0.114 e. The highest BCUT2D eigenvalue weighted by molar-refractivity contribution is 7.12. The molecule has 1 heterocycles. The minimum Gasteiger partial charge on any atom is -0.239 e. The van der Waals surface area contributed by atoms with Crippen molar-refractivity contribution in [3.05, 3.63) is 39.7 Å². The largest absolute Gasteiger partial charge is 0.239 e. The Labute approximate surface area is 111 Å². The summed E-state index contributed by atoms with van der Waals surface area (Å²) in [6.45, 7) is 4.17. The van der Waals surface area contributed by atoms with Crippen molar-refractivity contribution in [2.24, 2.45) is 0 Å². The summed E-state index contributed by atoms with van der Waals surface area (Å²) in [6, 6.07) is 10.8. The summed E-state index contributed by atoms with van der Waals surface area (Å²) in [7, 11) is 0. The lowest BCUT2D eigenvalue weighted by Crippen LogP contribution is -2.01. The Balaban J connectivity index is 2.04. The van der Waals surface area contributed by atoms with Crippen molar-refractivity contribution in [2.75, 3.05) is 0 Å². The Morgan fingerprint density at radius 1 is 1.22 bits per heavy atom. The zero-order valence-corrected chi connectivity index (χ0v) is 11.3. The van der Waals surface area contributed by atoms with Crippen LogP contribution in [0.3, 0.4) is 0 Å². The van der Waals surface area contributed by atoms with Crippen LogP contribution in [0, 0.1) is 25.2 Å². The van der Waals surface area contributed by atoms with Gasteiger partial charge >= 0.3 is 0 Å². The van der Waals surface area contributed by atoms with Gasteiger partial charge in [0, 0.05) is 10.4 Å². The molecule has 0 unspecified atom stereocenters. The lowest BCUT2D eigenvalue weighted by molar-refractivity contribution is 0.891. The topological polar surface area (TPSA) is 36.7 Å². The van der Waals surface area contributed by atoms with E-state index in [4.69, 9.17) is 4.98 Å². The van der Waals surface area contributed by atoms with Crippen LogP contribution in [0.25, 0.3) is 11.3 Å². The molecular weight excluding hydrogens is 240 g/mol. The van der Waals surface area contributed by atoms with Gasteiger partial charge in [0.2, 0.25) is 0 Å². The van der Waals surface area contributed by atoms with Gasteiger partial charge in [-0.3, -0.25) is 0 Å². The highest BCUT2D eigenvalue weighted by atomic mass is 32.1. The molecule has 1 aromatic heterocycles. The van der Waals surface area contributed by atoms with Gasteiger partial charge in [-0.1, -0.05) is 29.8 Å². The van der Waals surface area contributed by atoms with Gasteiger partial charge in [0.1, 0.15) is 10.4 Å². The second-order valence-electron chi connectivity index (χ2n) is 4.98. The molecule has 1 aliphatic rings. The number of aromatic nitrogens is 1. The van der Waals surface area contributed by atoms with Crippen molar-refractivity contribution in [2.45, 2.75) is 32.1 Å². The molecule has 0 radical (unpaired) electrons. The highest BCUT2D eigenvalue weighted by Crippen LogP contribution is 2.50. The van der Waals surface area contributed by atoms with Crippen molar-refractivity contribution in [3.63, 3.8) is 0 Å². The van der Waals surface area contributed by atoms with Crippen LogP contribution in [0.2, 0.25) is 0 Å². The second kappa shape index (κ2) is 3.93. The maximum Gasteiger partial charge on any atom is 0.114 e. The van der Waals surface area contributed by atoms with E-state index in [1.165, 1.54) is 10.4 Å². The van der Waals surface area contributed by atoms with Crippen LogP contribution in [0.5, 0.6) is 0 Å². The second-order valence-corrected chi connectivity index (χ2v) is 6.19. The van der Waals surface area contributed by atoms with E-state index >= 15 is 0 Å². The standard InChI is InChI=1S/C15H14N2S/c1-10-3-5-12(6-4-10)13-11(2)18-14(17-13)15(9-16)7-8-15/h3-6H,7-8H2,1-2H3. The Morgan fingerprint density at radius 2 is 1.89 bits per heavy atom. The molecule has 1 fully saturated rings. The first-order valence-corrected chi connectivity index (χ1v) is 6.92. The van der Waals surface area contributed by atoms with E-state index in [0.29, 0.717) is 0 Å². The average Bonchev–Trinajstić information content (AvgIpc) is 3.08. The average molecular weight is 254 g/mol. The molecule has 1 saturated carbocycles. The monoisotopic (exact) mass is 254 g/mol. The zero-order chi connectivity index (χ0) is 12.8. The van der Waals surface area contributed by atoms with Crippen LogP contribution in [0.4, 0.5) is 0 Å². The van der Waals surface area contributed by atoms with E-state index in [1.807, 2.05) is 0 Å². The normalized spacial score (nSPS) is 16.3. The lowest BCUT2D eigenvalue weighted by atomic mass is 10.1. The molecule has 0 spiro atoms. The molecule has 0 N–H and O–H groups in total. The van der Waals surface area contributed by atoms with E-state index in [2.05, 4.69) is 44.2 Å². The summed E-state index contributed by atoms with van der Waals surface area (Å²) in [5, 5.41) is 10.2. The molecule has 3 heteroatoms. The molecule has 18 heavy (non-hydrogen) atoms. The molecule has 90 valence electrons. The first-order chi connectivity index (χ1) is 8.64. The number of aryl methyl sites for hydroxylation is 2. The molecule has 0 atom stereocenters. The van der Waals surface area contributed by atoms with Gasteiger partial charge in [0.05, 0.1) is 11.8 Å². The van der Waals surface area contributed by atoms with Crippen LogP contribution < -0.4 is 0 Å². The summed E-state index contributed by atoms with van der Waals surface area (Å²) < 4.78 is 0. The fourth-order valence-electron chi connectivity index (χ4n) is 2.08. The zero-order valence-electron chi connectivity index (χ0n) is 10.5. The van der Waals surface area contributed by atoms with Gasteiger partial charge in [-0.2, -0.15) is 5.26 Å². The van der Waals surface area contributed by atoms with Gasteiger partial charge in [-0.15, -0.1) is 11.3 Å². The van der Waals surface area contributed by atoms with Gasteiger partial charge in [-0.25, -0.2) is 4.98 Å². The van der Waals surface area contributed by atoms with Crippen molar-refractivity contribution in [1.82, 2.24) is 4.98 Å². The van der Waals surface area contributed by atoms with E-state index in [-0.39, 0.29) is 5.41 Å². The molecule has 2 nitrogen and oxygen atoms in total. The Kier molecular flexibility index (Phi) is 2.49. The predicted octanol–water partition coefficient (Wildman–Crippen LogP) is 3.98. The Morgan fingerprint density at radius 3 is 2.44 bits per heavy atom. The summed E-state index contributed by atoms with van der Waals surface area (Å²) in [6.07, 6.45) is 1.92. The maximum atomic E-state index is 9.23. The van der Waals surface area contributed by atoms with Crippen molar-refractivity contribution in [3.8, 4) is 17.3 Å². The Bertz CT molecular complexity index is 628. The molecule has 1 aromatic carbocycles. The van der Waals surface area contributed by atoms with E-state index in [0.717, 1.165) is 29.1 Å².